The van der Waals surface area contributed by atoms with Gasteiger partial charge in [0.1, 0.15) is 0 Å². The topological polar surface area (TPSA) is 70.0 Å². The summed E-state index contributed by atoms with van der Waals surface area (Å²) in [6.45, 7) is 2.33. The zero-order chi connectivity index (χ0) is 18.8. The maximum Gasteiger partial charge on any atom is 0.243 e. The first kappa shape index (κ1) is 17.1. The van der Waals surface area contributed by atoms with E-state index in [0.717, 1.165) is 22.5 Å². The molecule has 0 aromatic heterocycles. The van der Waals surface area contributed by atoms with Crippen LogP contribution in [0.15, 0.2) is 58.4 Å². The number of benzene rings is 2. The fraction of sp³-hybridized carbons (Fsp3) is 0.381. The Hall–Kier alpha value is -2.02. The predicted molar refractivity (Wildman–Crippen MR) is 104 cm³/mol. The van der Waals surface area contributed by atoms with Crippen molar-refractivity contribution in [3.05, 3.63) is 59.7 Å². The molecule has 2 bridgehead atoms. The monoisotopic (exact) mass is 382 g/mol. The van der Waals surface area contributed by atoms with Gasteiger partial charge in [0.15, 0.2) is 0 Å². The van der Waals surface area contributed by atoms with Crippen molar-refractivity contribution in [2.75, 3.05) is 6.54 Å². The zero-order valence-electron chi connectivity index (χ0n) is 15.2. The van der Waals surface area contributed by atoms with Crippen LogP contribution in [0.2, 0.25) is 0 Å². The zero-order valence-corrected chi connectivity index (χ0v) is 16.0. The molecular weight excluding hydrogens is 360 g/mol. The lowest BCUT2D eigenvalue weighted by Gasteiger charge is -2.39. The first-order valence-corrected chi connectivity index (χ1v) is 10.8. The molecule has 3 atom stereocenters. The number of para-hydroxylation sites is 1. The summed E-state index contributed by atoms with van der Waals surface area (Å²) in [5.41, 5.74) is 3.82. The second-order valence-corrected chi connectivity index (χ2v) is 9.77. The number of hydrogen-bond donors (Lipinski definition) is 1. The van der Waals surface area contributed by atoms with Crippen molar-refractivity contribution in [3.8, 4) is 0 Å². The van der Waals surface area contributed by atoms with Crippen molar-refractivity contribution in [1.82, 2.24) is 4.31 Å². The lowest BCUT2D eigenvalue weighted by Crippen LogP contribution is -2.51. The van der Waals surface area contributed by atoms with Gasteiger partial charge in [-0.15, -0.1) is 0 Å². The summed E-state index contributed by atoms with van der Waals surface area (Å²) < 4.78 is 28.2. The second-order valence-electron chi connectivity index (χ2n) is 7.88. The summed E-state index contributed by atoms with van der Waals surface area (Å²) in [6, 6.07) is 14.5. The Morgan fingerprint density at radius 3 is 2.67 bits per heavy atom. The van der Waals surface area contributed by atoms with Crippen LogP contribution < -0.4 is 0 Å². The minimum absolute atomic E-state index is 0.288. The maximum atomic E-state index is 13.3. The number of aliphatic hydroxyl groups is 1. The van der Waals surface area contributed by atoms with Crippen LogP contribution in [0, 0.1) is 6.92 Å². The number of nitrogens with zero attached hydrogens (tertiary/aromatic N) is 2. The molecular formula is C21H22N2O3S. The van der Waals surface area contributed by atoms with E-state index in [1.165, 1.54) is 4.31 Å². The molecule has 3 aliphatic heterocycles. The molecule has 140 valence electrons. The van der Waals surface area contributed by atoms with Gasteiger partial charge in [-0.25, -0.2) is 8.42 Å². The molecule has 6 rings (SSSR count). The van der Waals surface area contributed by atoms with E-state index in [2.05, 4.69) is 6.07 Å². The Morgan fingerprint density at radius 1 is 1.15 bits per heavy atom. The molecule has 2 aromatic carbocycles. The van der Waals surface area contributed by atoms with Gasteiger partial charge in [0.2, 0.25) is 10.0 Å². The highest BCUT2D eigenvalue weighted by Gasteiger charge is 2.55. The standard InChI is InChI=1S/C21H22N2O3S/c1-14-6-8-15(9-7-14)27(25,26)23-11-10-21-13-19(24)18(23)12-20(21)22-17-5-3-2-4-16(17)21/h2-9,18-19,24H,10-13H2,1H3/t18-,19+,21-/m1/s1. The van der Waals surface area contributed by atoms with Crippen LogP contribution in [-0.4, -0.2) is 42.2 Å². The summed E-state index contributed by atoms with van der Waals surface area (Å²) in [4.78, 5) is 5.11. The van der Waals surface area contributed by atoms with Gasteiger partial charge in [0, 0.05) is 24.1 Å². The van der Waals surface area contributed by atoms with Crippen molar-refractivity contribution < 1.29 is 13.5 Å². The number of hydrogen-bond acceptors (Lipinski definition) is 4. The lowest BCUT2D eigenvalue weighted by molar-refractivity contribution is 0.0816. The molecule has 1 spiro atoms. The summed E-state index contributed by atoms with van der Waals surface area (Å²) in [6.07, 6.45) is 0.980. The highest BCUT2D eigenvalue weighted by molar-refractivity contribution is 7.89. The number of sulfonamides is 1. The summed E-state index contributed by atoms with van der Waals surface area (Å²) in [7, 11) is -3.66. The molecule has 1 aliphatic carbocycles. The molecule has 4 aliphatic rings. The molecule has 5 nitrogen and oxygen atoms in total. The summed E-state index contributed by atoms with van der Waals surface area (Å²) in [5.74, 6) is 0. The molecule has 0 amide bonds. The van der Waals surface area contributed by atoms with Gasteiger partial charge in [-0.05, 0) is 43.5 Å². The molecule has 3 heterocycles. The van der Waals surface area contributed by atoms with Crippen molar-refractivity contribution in [3.63, 3.8) is 0 Å². The van der Waals surface area contributed by atoms with Crippen LogP contribution >= 0.6 is 0 Å². The summed E-state index contributed by atoms with van der Waals surface area (Å²) >= 11 is 0. The molecule has 0 radical (unpaired) electrons. The number of aliphatic hydroxyl groups excluding tert-OH is 1. The molecule has 1 N–H and O–H groups in total. The van der Waals surface area contributed by atoms with Gasteiger partial charge in [-0.2, -0.15) is 4.31 Å². The van der Waals surface area contributed by atoms with E-state index in [-0.39, 0.29) is 10.3 Å². The molecule has 1 saturated carbocycles. The van der Waals surface area contributed by atoms with E-state index < -0.39 is 22.2 Å². The van der Waals surface area contributed by atoms with E-state index in [1.807, 2.05) is 37.3 Å². The van der Waals surface area contributed by atoms with E-state index in [0.29, 0.717) is 25.8 Å². The molecule has 3 fully saturated rings. The van der Waals surface area contributed by atoms with E-state index >= 15 is 0 Å². The fourth-order valence-corrected chi connectivity index (χ4v) is 6.62. The maximum absolute atomic E-state index is 13.3. The minimum atomic E-state index is -3.66. The van der Waals surface area contributed by atoms with Gasteiger partial charge in [0.25, 0.3) is 0 Å². The van der Waals surface area contributed by atoms with Gasteiger partial charge < -0.3 is 5.11 Å². The van der Waals surface area contributed by atoms with Gasteiger partial charge in [0.05, 0.1) is 22.7 Å². The van der Waals surface area contributed by atoms with Crippen LogP contribution in [0.5, 0.6) is 0 Å². The molecule has 0 unspecified atom stereocenters. The number of rotatable bonds is 2. The quantitative estimate of drug-likeness (QED) is 0.868. The van der Waals surface area contributed by atoms with E-state index in [4.69, 9.17) is 4.99 Å². The SMILES string of the molecule is Cc1ccc(S(=O)(=O)N2CC[C@]34C[C@H](O)[C@H]2CC3=Nc2ccccc24)cc1. The third kappa shape index (κ3) is 2.37. The minimum Gasteiger partial charge on any atom is -0.391 e. The van der Waals surface area contributed by atoms with Crippen molar-refractivity contribution in [2.24, 2.45) is 4.99 Å². The first-order chi connectivity index (χ1) is 12.9. The van der Waals surface area contributed by atoms with Crippen LogP contribution in [-0.2, 0) is 15.4 Å². The van der Waals surface area contributed by atoms with E-state index in [9.17, 15) is 13.5 Å². The Balaban J connectivity index is 1.58. The van der Waals surface area contributed by atoms with Crippen LogP contribution in [0.1, 0.15) is 30.4 Å². The fourth-order valence-electron chi connectivity index (χ4n) is 4.97. The second kappa shape index (κ2) is 5.74. The number of aliphatic imine (C=N–C) groups is 1. The molecule has 27 heavy (non-hydrogen) atoms. The molecule has 2 saturated heterocycles. The average Bonchev–Trinajstić information content (AvgIpc) is 2.76. The Labute approximate surface area is 159 Å². The Morgan fingerprint density at radius 2 is 1.89 bits per heavy atom. The smallest absolute Gasteiger partial charge is 0.243 e. The van der Waals surface area contributed by atoms with Crippen molar-refractivity contribution in [2.45, 2.75) is 48.6 Å². The highest BCUT2D eigenvalue weighted by atomic mass is 32.2. The van der Waals surface area contributed by atoms with Crippen LogP contribution in [0.3, 0.4) is 0 Å². The van der Waals surface area contributed by atoms with Crippen molar-refractivity contribution in [1.29, 1.82) is 0 Å². The van der Waals surface area contributed by atoms with Crippen LogP contribution in [0.25, 0.3) is 0 Å². The van der Waals surface area contributed by atoms with Gasteiger partial charge in [-0.3, -0.25) is 4.99 Å². The average molecular weight is 382 g/mol. The molecule has 6 heteroatoms. The predicted octanol–water partition coefficient (Wildman–Crippen LogP) is 2.94. The highest BCUT2D eigenvalue weighted by Crippen LogP contribution is 2.52. The Kier molecular flexibility index (Phi) is 3.63. The summed E-state index contributed by atoms with van der Waals surface area (Å²) in [5, 5.41) is 10.9. The Bertz CT molecular complexity index is 1050. The van der Waals surface area contributed by atoms with E-state index in [1.54, 1.807) is 12.1 Å². The number of fused-ring (bicyclic) bond motifs is 4. The van der Waals surface area contributed by atoms with Gasteiger partial charge >= 0.3 is 0 Å². The normalized spacial score (nSPS) is 29.8. The first-order valence-electron chi connectivity index (χ1n) is 9.36. The lowest BCUT2D eigenvalue weighted by atomic mass is 9.66. The third-order valence-corrected chi connectivity index (χ3v) is 8.33. The number of aryl methyl sites for hydroxylation is 1. The van der Waals surface area contributed by atoms with Gasteiger partial charge in [-0.1, -0.05) is 35.9 Å². The largest absolute Gasteiger partial charge is 0.391 e. The third-order valence-electron chi connectivity index (χ3n) is 6.39. The van der Waals surface area contributed by atoms with Crippen LogP contribution in [0.4, 0.5) is 5.69 Å². The van der Waals surface area contributed by atoms with Crippen molar-refractivity contribution >= 4 is 21.4 Å². The molecule has 2 aromatic rings.